The van der Waals surface area contributed by atoms with Crippen molar-refractivity contribution in [3.05, 3.63) is 91.0 Å². The summed E-state index contributed by atoms with van der Waals surface area (Å²) in [6.07, 6.45) is 0. The SMILES string of the molecule is CC(Sc1nnc(-c2cc(-c3ccccc3)nc3ccccc23)n1-c1ccccc1)C(=O)N(C)C. The molecular weight excluding hydrogens is 454 g/mol. The summed E-state index contributed by atoms with van der Waals surface area (Å²) in [5.74, 6) is 0.735. The zero-order valence-electron chi connectivity index (χ0n) is 19.8. The van der Waals surface area contributed by atoms with Crippen molar-refractivity contribution >= 4 is 28.6 Å². The third-order valence-corrected chi connectivity index (χ3v) is 6.78. The Labute approximate surface area is 208 Å². The van der Waals surface area contributed by atoms with Gasteiger partial charge >= 0.3 is 0 Å². The van der Waals surface area contributed by atoms with Crippen molar-refractivity contribution in [3.63, 3.8) is 0 Å². The molecule has 3 aromatic carbocycles. The predicted molar refractivity (Wildman–Crippen MR) is 142 cm³/mol. The fourth-order valence-corrected chi connectivity index (χ4v) is 5.03. The first-order chi connectivity index (χ1) is 17.0. The maximum absolute atomic E-state index is 12.6. The maximum atomic E-state index is 12.6. The summed E-state index contributed by atoms with van der Waals surface area (Å²) >= 11 is 1.41. The van der Waals surface area contributed by atoms with E-state index < -0.39 is 0 Å². The molecule has 0 aliphatic rings. The van der Waals surface area contributed by atoms with Crippen LogP contribution < -0.4 is 0 Å². The summed E-state index contributed by atoms with van der Waals surface area (Å²) in [6.45, 7) is 1.89. The molecule has 5 aromatic rings. The van der Waals surface area contributed by atoms with Crippen molar-refractivity contribution in [1.29, 1.82) is 0 Å². The molecule has 0 saturated carbocycles. The highest BCUT2D eigenvalue weighted by Gasteiger charge is 2.24. The number of fused-ring (bicyclic) bond motifs is 1. The second-order valence-corrected chi connectivity index (χ2v) is 9.72. The molecule has 0 aliphatic heterocycles. The zero-order valence-corrected chi connectivity index (χ0v) is 20.6. The average Bonchev–Trinajstić information content (AvgIpc) is 3.31. The fourth-order valence-electron chi connectivity index (χ4n) is 4.02. The van der Waals surface area contributed by atoms with Crippen LogP contribution in [-0.4, -0.2) is 49.9 Å². The van der Waals surface area contributed by atoms with Crippen LogP contribution in [0.2, 0.25) is 0 Å². The molecule has 1 unspecified atom stereocenters. The van der Waals surface area contributed by atoms with Crippen LogP contribution in [0.5, 0.6) is 0 Å². The minimum absolute atomic E-state index is 0.0277. The van der Waals surface area contributed by atoms with E-state index in [0.29, 0.717) is 11.0 Å². The van der Waals surface area contributed by atoms with Gasteiger partial charge in [-0.2, -0.15) is 0 Å². The van der Waals surface area contributed by atoms with E-state index in [1.54, 1.807) is 19.0 Å². The number of carbonyl (C=O) groups excluding carboxylic acids is 1. The Balaban J connectivity index is 1.72. The van der Waals surface area contributed by atoms with Gasteiger partial charge in [-0.25, -0.2) is 4.98 Å². The number of carbonyl (C=O) groups is 1. The third kappa shape index (κ3) is 4.55. The molecule has 6 nitrogen and oxygen atoms in total. The number of benzene rings is 3. The van der Waals surface area contributed by atoms with Crippen LogP contribution in [0.1, 0.15) is 6.92 Å². The molecule has 0 saturated heterocycles. The van der Waals surface area contributed by atoms with E-state index in [-0.39, 0.29) is 11.2 Å². The number of para-hydroxylation sites is 2. The molecule has 0 spiro atoms. The summed E-state index contributed by atoms with van der Waals surface area (Å²) in [7, 11) is 3.53. The highest BCUT2D eigenvalue weighted by Crippen LogP contribution is 2.35. The Morgan fingerprint density at radius 3 is 2.26 bits per heavy atom. The Kier molecular flexibility index (Phi) is 6.33. The van der Waals surface area contributed by atoms with Gasteiger partial charge in [0, 0.05) is 36.3 Å². The van der Waals surface area contributed by atoms with Crippen LogP contribution in [0.15, 0.2) is 96.2 Å². The lowest BCUT2D eigenvalue weighted by atomic mass is 10.0. The van der Waals surface area contributed by atoms with Crippen molar-refractivity contribution in [3.8, 4) is 28.3 Å². The van der Waals surface area contributed by atoms with E-state index in [1.807, 2.05) is 78.2 Å². The van der Waals surface area contributed by atoms with Crippen LogP contribution in [0.3, 0.4) is 0 Å². The summed E-state index contributed by atoms with van der Waals surface area (Å²) in [4.78, 5) is 19.1. The lowest BCUT2D eigenvalue weighted by molar-refractivity contribution is -0.127. The predicted octanol–water partition coefficient (Wildman–Crippen LogP) is 5.72. The number of rotatable bonds is 6. The molecule has 0 radical (unpaired) electrons. The number of aromatic nitrogens is 4. The topological polar surface area (TPSA) is 63.9 Å². The zero-order chi connectivity index (χ0) is 24.4. The lowest BCUT2D eigenvalue weighted by Gasteiger charge is -2.17. The first-order valence-corrected chi connectivity index (χ1v) is 12.2. The number of hydrogen-bond acceptors (Lipinski definition) is 5. The van der Waals surface area contributed by atoms with E-state index in [4.69, 9.17) is 4.98 Å². The maximum Gasteiger partial charge on any atom is 0.235 e. The van der Waals surface area contributed by atoms with Gasteiger partial charge in [-0.15, -0.1) is 10.2 Å². The van der Waals surface area contributed by atoms with Gasteiger partial charge < -0.3 is 4.90 Å². The molecular formula is C28H25N5OS. The van der Waals surface area contributed by atoms with Crippen molar-refractivity contribution < 1.29 is 4.79 Å². The van der Waals surface area contributed by atoms with Crippen molar-refractivity contribution in [2.75, 3.05) is 14.1 Å². The van der Waals surface area contributed by atoms with Crippen LogP contribution in [0.25, 0.3) is 39.2 Å². The minimum Gasteiger partial charge on any atom is -0.348 e. The summed E-state index contributed by atoms with van der Waals surface area (Å²) < 4.78 is 2.03. The molecule has 1 amide bonds. The molecule has 0 N–H and O–H groups in total. The number of nitrogens with zero attached hydrogens (tertiary/aromatic N) is 5. The number of thioether (sulfide) groups is 1. The van der Waals surface area contributed by atoms with Crippen molar-refractivity contribution in [2.45, 2.75) is 17.3 Å². The van der Waals surface area contributed by atoms with E-state index >= 15 is 0 Å². The van der Waals surface area contributed by atoms with E-state index in [1.165, 1.54) is 11.8 Å². The monoisotopic (exact) mass is 479 g/mol. The minimum atomic E-state index is -0.307. The largest absolute Gasteiger partial charge is 0.348 e. The Morgan fingerprint density at radius 1 is 0.886 bits per heavy atom. The highest BCUT2D eigenvalue weighted by molar-refractivity contribution is 8.00. The van der Waals surface area contributed by atoms with Gasteiger partial charge in [0.25, 0.3) is 0 Å². The van der Waals surface area contributed by atoms with Crippen molar-refractivity contribution in [1.82, 2.24) is 24.6 Å². The number of amides is 1. The second kappa shape index (κ2) is 9.72. The van der Waals surface area contributed by atoms with Crippen LogP contribution in [0.4, 0.5) is 0 Å². The van der Waals surface area contributed by atoms with Gasteiger partial charge in [0.05, 0.1) is 16.5 Å². The Hall–Kier alpha value is -3.97. The number of hydrogen-bond donors (Lipinski definition) is 0. The molecule has 35 heavy (non-hydrogen) atoms. The average molecular weight is 480 g/mol. The van der Waals surface area contributed by atoms with Crippen LogP contribution in [0, 0.1) is 0 Å². The van der Waals surface area contributed by atoms with E-state index in [2.05, 4.69) is 34.5 Å². The van der Waals surface area contributed by atoms with Crippen molar-refractivity contribution in [2.24, 2.45) is 0 Å². The molecule has 0 aliphatic carbocycles. The smallest absolute Gasteiger partial charge is 0.235 e. The fraction of sp³-hybridized carbons (Fsp3) is 0.143. The second-order valence-electron chi connectivity index (χ2n) is 8.41. The molecule has 7 heteroatoms. The third-order valence-electron chi connectivity index (χ3n) is 5.75. The highest BCUT2D eigenvalue weighted by atomic mass is 32.2. The molecule has 1 atom stereocenters. The summed E-state index contributed by atoms with van der Waals surface area (Å²) in [6, 6.07) is 30.3. The standard InChI is InChI=1S/C28H25N5OS/c1-19(27(34)32(2)3)35-28-31-30-26(33(28)21-14-8-5-9-15-21)23-18-25(20-12-6-4-7-13-20)29-24-17-11-10-16-22(23)24/h4-19H,1-3H3. The van der Waals surface area contributed by atoms with Gasteiger partial charge in [-0.3, -0.25) is 9.36 Å². The molecule has 5 rings (SSSR count). The lowest BCUT2D eigenvalue weighted by Crippen LogP contribution is -2.29. The first-order valence-electron chi connectivity index (χ1n) is 11.4. The van der Waals surface area contributed by atoms with Gasteiger partial charge in [-0.1, -0.05) is 78.5 Å². The van der Waals surface area contributed by atoms with Crippen LogP contribution >= 0.6 is 11.8 Å². The summed E-state index contributed by atoms with van der Waals surface area (Å²) in [5, 5.41) is 10.5. The summed E-state index contributed by atoms with van der Waals surface area (Å²) in [5.41, 5.74) is 4.65. The number of pyridine rings is 1. The molecule has 0 bridgehead atoms. The molecule has 0 fully saturated rings. The van der Waals surface area contributed by atoms with E-state index in [9.17, 15) is 4.79 Å². The molecule has 2 heterocycles. The quantitative estimate of drug-likeness (QED) is 0.292. The van der Waals surface area contributed by atoms with E-state index in [0.717, 1.165) is 33.4 Å². The first kappa shape index (κ1) is 22.8. The van der Waals surface area contributed by atoms with Crippen LogP contribution in [-0.2, 0) is 4.79 Å². The van der Waals surface area contributed by atoms with Gasteiger partial charge in [-0.05, 0) is 31.2 Å². The Morgan fingerprint density at radius 2 is 1.54 bits per heavy atom. The van der Waals surface area contributed by atoms with Gasteiger partial charge in [0.15, 0.2) is 11.0 Å². The molecule has 174 valence electrons. The normalized spacial score (nSPS) is 12.0. The Bertz CT molecular complexity index is 1480. The van der Waals surface area contributed by atoms with Gasteiger partial charge in [0.2, 0.25) is 5.91 Å². The van der Waals surface area contributed by atoms with Gasteiger partial charge in [0.1, 0.15) is 0 Å². The molecule has 2 aromatic heterocycles.